The predicted octanol–water partition coefficient (Wildman–Crippen LogP) is -0.494. The summed E-state index contributed by atoms with van der Waals surface area (Å²) in [7, 11) is 0. The van der Waals surface area contributed by atoms with Crippen LogP contribution in [0.3, 0.4) is 0 Å². The Morgan fingerprint density at radius 3 is 2.57 bits per heavy atom. The Morgan fingerprint density at radius 1 is 1.29 bits per heavy atom. The molecule has 1 aliphatic heterocycles. The van der Waals surface area contributed by atoms with Crippen molar-refractivity contribution in [3.63, 3.8) is 0 Å². The second-order valence-corrected chi connectivity index (χ2v) is 5.33. The molecular formula is C14H16N4O3. The zero-order valence-electron chi connectivity index (χ0n) is 11.4. The van der Waals surface area contributed by atoms with Gasteiger partial charge in [-0.2, -0.15) is 5.10 Å². The highest BCUT2D eigenvalue weighted by molar-refractivity contribution is 5.95. The van der Waals surface area contributed by atoms with Crippen LogP contribution in [0.4, 0.5) is 0 Å². The lowest BCUT2D eigenvalue weighted by Crippen LogP contribution is -2.65. The summed E-state index contributed by atoms with van der Waals surface area (Å²) in [6, 6.07) is 7.25. The minimum atomic E-state index is -1.14. The summed E-state index contributed by atoms with van der Waals surface area (Å²) in [4.78, 5) is 17.6. The minimum Gasteiger partial charge on any atom is -0.393 e. The molecule has 1 amide bonds. The highest BCUT2D eigenvalue weighted by Gasteiger charge is 2.43. The number of amides is 1. The van der Waals surface area contributed by atoms with Crippen molar-refractivity contribution in [3.05, 3.63) is 48.0 Å². The third-order valence-electron chi connectivity index (χ3n) is 3.56. The van der Waals surface area contributed by atoms with Crippen LogP contribution in [0.5, 0.6) is 0 Å². The van der Waals surface area contributed by atoms with E-state index in [9.17, 15) is 9.90 Å². The maximum absolute atomic E-state index is 12.2. The molecule has 0 unspecified atom stereocenters. The minimum absolute atomic E-state index is 0.138. The lowest BCUT2D eigenvalue weighted by molar-refractivity contribution is -0.109. The van der Waals surface area contributed by atoms with E-state index in [1.54, 1.807) is 23.1 Å². The number of aliphatic hydroxyl groups excluding tert-OH is 1. The Bertz CT molecular complexity index is 618. The zero-order chi connectivity index (χ0) is 14.9. The van der Waals surface area contributed by atoms with E-state index in [1.165, 1.54) is 11.2 Å². The van der Waals surface area contributed by atoms with E-state index in [2.05, 4.69) is 10.1 Å². The monoisotopic (exact) mass is 288 g/mol. The van der Waals surface area contributed by atoms with E-state index < -0.39 is 5.60 Å². The topological polar surface area (TPSA) is 91.5 Å². The summed E-state index contributed by atoms with van der Waals surface area (Å²) >= 11 is 0. The van der Waals surface area contributed by atoms with Crippen LogP contribution in [0.25, 0.3) is 0 Å². The van der Waals surface area contributed by atoms with E-state index in [0.29, 0.717) is 12.1 Å². The Morgan fingerprint density at radius 2 is 2.00 bits per heavy atom. The van der Waals surface area contributed by atoms with Gasteiger partial charge >= 0.3 is 0 Å². The molecule has 7 heteroatoms. The lowest BCUT2D eigenvalue weighted by Gasteiger charge is -2.45. The number of β-amino-alcohol motifs (C(OH)–C–C–N with tert-alkyl or cyclic N) is 1. The molecule has 1 saturated heterocycles. The molecule has 1 aromatic heterocycles. The summed E-state index contributed by atoms with van der Waals surface area (Å²) < 4.78 is 1.70. The van der Waals surface area contributed by atoms with Crippen molar-refractivity contribution in [2.75, 3.05) is 19.7 Å². The molecule has 1 fully saturated rings. The van der Waals surface area contributed by atoms with E-state index in [0.717, 1.165) is 5.56 Å². The van der Waals surface area contributed by atoms with Gasteiger partial charge in [0.05, 0.1) is 26.2 Å². The van der Waals surface area contributed by atoms with Crippen LogP contribution in [-0.2, 0) is 6.54 Å². The molecule has 2 N–H and O–H groups in total. The molecule has 1 aromatic carbocycles. The third-order valence-corrected chi connectivity index (χ3v) is 3.56. The molecule has 7 nitrogen and oxygen atoms in total. The van der Waals surface area contributed by atoms with Gasteiger partial charge in [-0.1, -0.05) is 12.1 Å². The second kappa shape index (κ2) is 5.27. The van der Waals surface area contributed by atoms with Gasteiger partial charge in [0.2, 0.25) is 0 Å². The Hall–Kier alpha value is -2.25. The van der Waals surface area contributed by atoms with E-state index in [1.807, 2.05) is 12.1 Å². The summed E-state index contributed by atoms with van der Waals surface area (Å²) in [6.45, 7) is 0.613. The fraction of sp³-hybridized carbons (Fsp3) is 0.357. The van der Waals surface area contributed by atoms with Crippen LogP contribution < -0.4 is 0 Å². The highest BCUT2D eigenvalue weighted by Crippen LogP contribution is 2.22. The molecule has 0 radical (unpaired) electrons. The molecule has 2 aromatic rings. The number of hydrogen-bond donors (Lipinski definition) is 2. The van der Waals surface area contributed by atoms with Gasteiger partial charge in [-0.3, -0.25) is 4.79 Å². The predicted molar refractivity (Wildman–Crippen MR) is 73.5 cm³/mol. The molecule has 21 heavy (non-hydrogen) atoms. The van der Waals surface area contributed by atoms with Gasteiger partial charge < -0.3 is 15.1 Å². The van der Waals surface area contributed by atoms with Crippen molar-refractivity contribution < 1.29 is 15.0 Å². The Balaban J connectivity index is 1.63. The average Bonchev–Trinajstić information content (AvgIpc) is 2.97. The average molecular weight is 288 g/mol. The summed E-state index contributed by atoms with van der Waals surface area (Å²) in [6.07, 6.45) is 3.11. The van der Waals surface area contributed by atoms with Crippen molar-refractivity contribution in [1.82, 2.24) is 19.7 Å². The largest absolute Gasteiger partial charge is 0.393 e. The molecule has 3 rings (SSSR count). The number of hydrogen-bond acceptors (Lipinski definition) is 5. The van der Waals surface area contributed by atoms with Gasteiger partial charge in [0.25, 0.3) is 5.91 Å². The standard InChI is InChI=1S/C14H16N4O3/c19-8-14(21)6-17(7-14)13(20)12-3-1-11(2-4-12)5-18-10-15-9-16-18/h1-4,9-10,19,21H,5-8H2. The van der Waals surface area contributed by atoms with Gasteiger partial charge in [0.1, 0.15) is 18.3 Å². The van der Waals surface area contributed by atoms with Crippen LogP contribution in [0, 0.1) is 0 Å². The van der Waals surface area contributed by atoms with Gasteiger partial charge in [0.15, 0.2) is 0 Å². The molecule has 110 valence electrons. The number of rotatable bonds is 4. The summed E-state index contributed by atoms with van der Waals surface area (Å²) in [5.41, 5.74) is 0.452. The summed E-state index contributed by atoms with van der Waals surface area (Å²) in [5, 5.41) is 22.7. The number of aliphatic hydroxyl groups is 2. The van der Waals surface area contributed by atoms with Gasteiger partial charge in [-0.25, -0.2) is 9.67 Å². The van der Waals surface area contributed by atoms with Crippen LogP contribution >= 0.6 is 0 Å². The van der Waals surface area contributed by atoms with Crippen LogP contribution in [0.2, 0.25) is 0 Å². The quantitative estimate of drug-likeness (QED) is 0.792. The first-order chi connectivity index (χ1) is 10.1. The summed E-state index contributed by atoms with van der Waals surface area (Å²) in [5.74, 6) is -0.138. The Kier molecular flexibility index (Phi) is 3.44. The fourth-order valence-corrected chi connectivity index (χ4v) is 2.34. The van der Waals surface area contributed by atoms with Crippen molar-refractivity contribution in [1.29, 1.82) is 0 Å². The van der Waals surface area contributed by atoms with Crippen molar-refractivity contribution in [2.45, 2.75) is 12.1 Å². The molecule has 1 aliphatic rings. The number of nitrogens with zero attached hydrogens (tertiary/aromatic N) is 4. The third kappa shape index (κ3) is 2.79. The van der Waals surface area contributed by atoms with E-state index in [-0.39, 0.29) is 25.6 Å². The van der Waals surface area contributed by atoms with Crippen molar-refractivity contribution in [2.24, 2.45) is 0 Å². The van der Waals surface area contributed by atoms with E-state index in [4.69, 9.17) is 5.11 Å². The van der Waals surface area contributed by atoms with Crippen LogP contribution in [0.1, 0.15) is 15.9 Å². The smallest absolute Gasteiger partial charge is 0.254 e. The maximum Gasteiger partial charge on any atom is 0.254 e. The van der Waals surface area contributed by atoms with Gasteiger partial charge in [-0.15, -0.1) is 0 Å². The first-order valence-corrected chi connectivity index (χ1v) is 6.63. The number of benzene rings is 1. The van der Waals surface area contributed by atoms with E-state index >= 15 is 0 Å². The molecule has 0 aliphatic carbocycles. The molecule has 2 heterocycles. The molecule has 0 bridgehead atoms. The SMILES string of the molecule is O=C(c1ccc(Cn2cncn2)cc1)N1CC(O)(CO)C1. The number of carbonyl (C=O) groups is 1. The van der Waals surface area contributed by atoms with Gasteiger partial charge in [0, 0.05) is 5.56 Å². The second-order valence-electron chi connectivity index (χ2n) is 5.33. The molecule has 0 atom stereocenters. The first-order valence-electron chi connectivity index (χ1n) is 6.63. The Labute approximate surface area is 121 Å². The van der Waals surface area contributed by atoms with Crippen molar-refractivity contribution >= 4 is 5.91 Å². The number of likely N-dealkylation sites (tertiary alicyclic amines) is 1. The van der Waals surface area contributed by atoms with Crippen LogP contribution in [-0.4, -0.2) is 61.1 Å². The number of aromatic nitrogens is 3. The highest BCUT2D eigenvalue weighted by atomic mass is 16.3. The molecule has 0 spiro atoms. The van der Waals surface area contributed by atoms with Crippen molar-refractivity contribution in [3.8, 4) is 0 Å². The number of carbonyl (C=O) groups excluding carboxylic acids is 1. The molecular weight excluding hydrogens is 272 g/mol. The maximum atomic E-state index is 12.2. The van der Waals surface area contributed by atoms with Crippen LogP contribution in [0.15, 0.2) is 36.9 Å². The fourth-order valence-electron chi connectivity index (χ4n) is 2.34. The molecule has 0 saturated carbocycles. The van der Waals surface area contributed by atoms with Gasteiger partial charge in [-0.05, 0) is 17.7 Å². The first kappa shape index (κ1) is 13.7. The normalized spacial score (nSPS) is 16.6. The zero-order valence-corrected chi connectivity index (χ0v) is 11.4. The lowest BCUT2D eigenvalue weighted by atomic mass is 9.94.